The lowest BCUT2D eigenvalue weighted by molar-refractivity contribution is 0.173. The van der Waals surface area contributed by atoms with Crippen LogP contribution in [-0.4, -0.2) is 70.3 Å². The van der Waals surface area contributed by atoms with Crippen LogP contribution in [-0.2, 0) is 13.1 Å². The highest BCUT2D eigenvalue weighted by atomic mass is 35.5. The molecule has 0 bridgehead atoms. The first-order chi connectivity index (χ1) is 12.7. The molecule has 0 amide bonds. The molecular formula is C17H26ClN7S. The van der Waals surface area contributed by atoms with Crippen molar-refractivity contribution in [2.45, 2.75) is 25.9 Å². The Bertz CT molecular complexity index is 677. The summed E-state index contributed by atoms with van der Waals surface area (Å²) < 4.78 is 2.88. The first kappa shape index (κ1) is 19.1. The number of hydrogen-bond acceptors (Lipinski definition) is 5. The summed E-state index contributed by atoms with van der Waals surface area (Å²) in [5.74, 6) is 1.01. The standard InChI is InChI=1S/C17H26ClN7S/c1-19-17(20-6-2-3-7-24-13-21-22-14-24)25-10-8-23(9-11-25)12-15-4-5-16(18)26-15/h4-5,13-14H,2-3,6-12H2,1H3,(H,19,20). The Balaban J connectivity index is 1.34. The van der Waals surface area contributed by atoms with Gasteiger partial charge in [0.05, 0.1) is 4.34 Å². The van der Waals surface area contributed by atoms with E-state index in [1.807, 2.05) is 17.7 Å². The van der Waals surface area contributed by atoms with E-state index < -0.39 is 0 Å². The molecule has 3 heterocycles. The van der Waals surface area contributed by atoms with Gasteiger partial charge in [-0.15, -0.1) is 21.5 Å². The molecule has 2 aromatic heterocycles. The fourth-order valence-corrected chi connectivity index (χ4v) is 4.19. The smallest absolute Gasteiger partial charge is 0.193 e. The molecule has 1 aliphatic rings. The Labute approximate surface area is 163 Å². The Kier molecular flexibility index (Phi) is 7.28. The highest BCUT2D eigenvalue weighted by Crippen LogP contribution is 2.23. The quantitative estimate of drug-likeness (QED) is 0.442. The van der Waals surface area contributed by atoms with E-state index in [9.17, 15) is 0 Å². The van der Waals surface area contributed by atoms with E-state index in [2.05, 4.69) is 36.4 Å². The average Bonchev–Trinajstić information content (AvgIpc) is 3.31. The molecule has 1 aliphatic heterocycles. The van der Waals surface area contributed by atoms with Crippen LogP contribution in [0.1, 0.15) is 17.7 Å². The molecule has 0 atom stereocenters. The SMILES string of the molecule is CN=C(NCCCCn1cnnc1)N1CCN(Cc2ccc(Cl)s2)CC1. The number of rotatable bonds is 7. The van der Waals surface area contributed by atoms with Gasteiger partial charge in [-0.05, 0) is 25.0 Å². The highest BCUT2D eigenvalue weighted by molar-refractivity contribution is 7.16. The first-order valence-corrected chi connectivity index (χ1v) is 10.2. The Hall–Kier alpha value is -1.64. The number of hydrogen-bond donors (Lipinski definition) is 1. The van der Waals surface area contributed by atoms with Crippen molar-refractivity contribution < 1.29 is 0 Å². The maximum atomic E-state index is 6.02. The Morgan fingerprint density at radius 1 is 1.19 bits per heavy atom. The Morgan fingerprint density at radius 3 is 2.62 bits per heavy atom. The molecule has 3 rings (SSSR count). The molecule has 0 radical (unpaired) electrons. The first-order valence-electron chi connectivity index (χ1n) is 8.99. The fraction of sp³-hybridized carbons (Fsp3) is 0.588. The van der Waals surface area contributed by atoms with Crippen molar-refractivity contribution in [3.8, 4) is 0 Å². The number of thiophene rings is 1. The van der Waals surface area contributed by atoms with Crippen LogP contribution in [0, 0.1) is 0 Å². The van der Waals surface area contributed by atoms with Gasteiger partial charge in [0.2, 0.25) is 0 Å². The van der Waals surface area contributed by atoms with E-state index in [1.165, 1.54) is 4.88 Å². The van der Waals surface area contributed by atoms with Gasteiger partial charge in [-0.3, -0.25) is 9.89 Å². The lowest BCUT2D eigenvalue weighted by Gasteiger charge is -2.36. The fourth-order valence-electron chi connectivity index (χ4n) is 3.06. The number of aliphatic imine (C=N–C) groups is 1. The summed E-state index contributed by atoms with van der Waals surface area (Å²) in [5, 5.41) is 11.1. The number of piperazine rings is 1. The van der Waals surface area contributed by atoms with Gasteiger partial charge >= 0.3 is 0 Å². The van der Waals surface area contributed by atoms with Crippen LogP contribution in [0.25, 0.3) is 0 Å². The van der Waals surface area contributed by atoms with Crippen molar-refractivity contribution in [1.29, 1.82) is 0 Å². The third kappa shape index (κ3) is 5.69. The van der Waals surface area contributed by atoms with Crippen LogP contribution < -0.4 is 5.32 Å². The predicted octanol–water partition coefficient (Wildman–Crippen LogP) is 2.17. The van der Waals surface area contributed by atoms with E-state index in [0.717, 1.165) is 69.0 Å². The number of aromatic nitrogens is 3. The molecule has 9 heteroatoms. The van der Waals surface area contributed by atoms with Crippen molar-refractivity contribution in [3.63, 3.8) is 0 Å². The Morgan fingerprint density at radius 2 is 1.96 bits per heavy atom. The molecule has 142 valence electrons. The van der Waals surface area contributed by atoms with E-state index in [0.29, 0.717) is 0 Å². The summed E-state index contributed by atoms with van der Waals surface area (Å²) in [5.41, 5.74) is 0. The second-order valence-corrected chi connectivity index (χ2v) is 8.15. The monoisotopic (exact) mass is 395 g/mol. The molecule has 0 aromatic carbocycles. The molecule has 2 aromatic rings. The molecule has 0 aliphatic carbocycles. The summed E-state index contributed by atoms with van der Waals surface area (Å²) in [6.07, 6.45) is 5.71. The molecule has 1 saturated heterocycles. The topological polar surface area (TPSA) is 61.6 Å². The van der Waals surface area contributed by atoms with Crippen molar-refractivity contribution in [1.82, 2.24) is 29.9 Å². The van der Waals surface area contributed by atoms with Crippen molar-refractivity contribution in [2.24, 2.45) is 4.99 Å². The largest absolute Gasteiger partial charge is 0.356 e. The normalized spacial score (nSPS) is 16.2. The average molecular weight is 396 g/mol. The third-order valence-corrected chi connectivity index (χ3v) is 5.70. The van der Waals surface area contributed by atoms with Gasteiger partial charge in [0.1, 0.15) is 12.7 Å². The summed E-state index contributed by atoms with van der Waals surface area (Å²) in [6.45, 7) is 6.97. The zero-order valence-electron chi connectivity index (χ0n) is 15.1. The molecular weight excluding hydrogens is 370 g/mol. The third-order valence-electron chi connectivity index (χ3n) is 4.48. The van der Waals surface area contributed by atoms with E-state index >= 15 is 0 Å². The lowest BCUT2D eigenvalue weighted by Crippen LogP contribution is -2.52. The van der Waals surface area contributed by atoms with Gasteiger partial charge < -0.3 is 14.8 Å². The van der Waals surface area contributed by atoms with E-state index in [1.54, 1.807) is 24.0 Å². The number of guanidine groups is 1. The minimum Gasteiger partial charge on any atom is -0.356 e. The van der Waals surface area contributed by atoms with Gasteiger partial charge in [-0.1, -0.05) is 11.6 Å². The molecule has 7 nitrogen and oxygen atoms in total. The van der Waals surface area contributed by atoms with Gasteiger partial charge in [0.25, 0.3) is 0 Å². The number of unbranched alkanes of at least 4 members (excludes halogenated alkanes) is 1. The van der Waals surface area contributed by atoms with Crippen LogP contribution in [0.15, 0.2) is 29.8 Å². The van der Waals surface area contributed by atoms with Crippen LogP contribution in [0.3, 0.4) is 0 Å². The summed E-state index contributed by atoms with van der Waals surface area (Å²) >= 11 is 7.69. The van der Waals surface area contributed by atoms with E-state index in [4.69, 9.17) is 11.6 Å². The van der Waals surface area contributed by atoms with Crippen molar-refractivity contribution >= 4 is 28.9 Å². The second kappa shape index (κ2) is 9.89. The minimum atomic E-state index is 0.868. The van der Waals surface area contributed by atoms with Crippen LogP contribution in [0.5, 0.6) is 0 Å². The molecule has 0 unspecified atom stereocenters. The number of halogens is 1. The zero-order chi connectivity index (χ0) is 18.2. The van der Waals surface area contributed by atoms with Crippen LogP contribution in [0.4, 0.5) is 0 Å². The van der Waals surface area contributed by atoms with Crippen molar-refractivity contribution in [3.05, 3.63) is 34.0 Å². The van der Waals surface area contributed by atoms with Gasteiger partial charge in [0, 0.05) is 57.7 Å². The second-order valence-electron chi connectivity index (χ2n) is 6.35. The summed E-state index contributed by atoms with van der Waals surface area (Å²) in [4.78, 5) is 10.6. The van der Waals surface area contributed by atoms with Crippen LogP contribution in [0.2, 0.25) is 4.34 Å². The number of nitrogens with zero attached hydrogens (tertiary/aromatic N) is 6. The van der Waals surface area contributed by atoms with Gasteiger partial charge in [-0.25, -0.2) is 0 Å². The lowest BCUT2D eigenvalue weighted by atomic mass is 10.3. The zero-order valence-corrected chi connectivity index (χ0v) is 16.7. The predicted molar refractivity (Wildman–Crippen MR) is 107 cm³/mol. The number of nitrogens with one attached hydrogen (secondary N) is 1. The maximum Gasteiger partial charge on any atom is 0.193 e. The molecule has 1 fully saturated rings. The number of aryl methyl sites for hydroxylation is 1. The van der Waals surface area contributed by atoms with Gasteiger partial charge in [0.15, 0.2) is 5.96 Å². The molecule has 26 heavy (non-hydrogen) atoms. The minimum absolute atomic E-state index is 0.868. The summed E-state index contributed by atoms with van der Waals surface area (Å²) in [7, 11) is 1.86. The summed E-state index contributed by atoms with van der Waals surface area (Å²) in [6, 6.07) is 4.10. The molecule has 0 saturated carbocycles. The van der Waals surface area contributed by atoms with Gasteiger partial charge in [-0.2, -0.15) is 0 Å². The molecule has 1 N–H and O–H groups in total. The van der Waals surface area contributed by atoms with E-state index in [-0.39, 0.29) is 0 Å². The maximum absolute atomic E-state index is 6.02. The van der Waals surface area contributed by atoms with Crippen LogP contribution >= 0.6 is 22.9 Å². The molecule has 0 spiro atoms. The van der Waals surface area contributed by atoms with Crippen molar-refractivity contribution in [2.75, 3.05) is 39.8 Å². The highest BCUT2D eigenvalue weighted by Gasteiger charge is 2.19.